The molecule has 3 aromatic rings. The lowest BCUT2D eigenvalue weighted by atomic mass is 9.71. The summed E-state index contributed by atoms with van der Waals surface area (Å²) in [4.78, 5) is 12.9. The highest BCUT2D eigenvalue weighted by molar-refractivity contribution is 6.04. The van der Waals surface area contributed by atoms with E-state index in [0.717, 1.165) is 41.8 Å². The van der Waals surface area contributed by atoms with Crippen molar-refractivity contribution in [2.24, 2.45) is 11.3 Å². The number of rotatable bonds is 4. The van der Waals surface area contributed by atoms with Crippen LogP contribution in [0.25, 0.3) is 0 Å². The number of hydrogen-bond acceptors (Lipinski definition) is 4. The van der Waals surface area contributed by atoms with Crippen LogP contribution >= 0.6 is 0 Å². The van der Waals surface area contributed by atoms with E-state index in [9.17, 15) is 4.79 Å². The molecule has 2 heterocycles. The largest absolute Gasteiger partial charge is 0.360 e. The fraction of sp³-hybridized carbons (Fsp3) is 0.409. The van der Waals surface area contributed by atoms with E-state index in [0.29, 0.717) is 18.2 Å². The Morgan fingerprint density at radius 2 is 2.18 bits per heavy atom. The molecule has 2 aromatic heterocycles. The zero-order valence-electron chi connectivity index (χ0n) is 16.6. The molecule has 0 spiro atoms. The van der Waals surface area contributed by atoms with Crippen molar-refractivity contribution < 1.29 is 9.32 Å². The summed E-state index contributed by atoms with van der Waals surface area (Å²) in [5.74, 6) is 1.16. The monoisotopic (exact) mass is 378 g/mol. The number of fused-ring (bicyclic) bond motifs is 1. The molecule has 6 nitrogen and oxygen atoms in total. The van der Waals surface area contributed by atoms with Crippen LogP contribution in [0.5, 0.6) is 0 Å². The van der Waals surface area contributed by atoms with Gasteiger partial charge in [-0.2, -0.15) is 5.10 Å². The second kappa shape index (κ2) is 7.26. The highest BCUT2D eigenvalue weighted by atomic mass is 16.5. The van der Waals surface area contributed by atoms with Crippen LogP contribution < -0.4 is 5.32 Å². The van der Waals surface area contributed by atoms with Gasteiger partial charge >= 0.3 is 0 Å². The normalized spacial score (nSPS) is 16.6. The number of anilines is 1. The Morgan fingerprint density at radius 1 is 1.32 bits per heavy atom. The lowest BCUT2D eigenvalue weighted by Gasteiger charge is -2.33. The quantitative estimate of drug-likeness (QED) is 0.734. The molecule has 1 atom stereocenters. The summed E-state index contributed by atoms with van der Waals surface area (Å²) in [7, 11) is 0. The van der Waals surface area contributed by atoms with Gasteiger partial charge in [0.05, 0.1) is 6.54 Å². The standard InChI is InChI=1S/C22H26N4O2/c1-22(2,3)16-8-9-19-18(13-16)20(25-28-19)21(27)24-17-7-4-6-15(12-17)14-26-11-5-10-23-26/h4-7,10-12,16H,8-9,13-14H2,1-3H3,(H,24,27). The molecule has 0 saturated carbocycles. The topological polar surface area (TPSA) is 73.0 Å². The lowest BCUT2D eigenvalue weighted by molar-refractivity contribution is 0.101. The number of amides is 1. The minimum Gasteiger partial charge on any atom is -0.360 e. The second-order valence-corrected chi connectivity index (χ2v) is 8.60. The third-order valence-electron chi connectivity index (χ3n) is 5.57. The van der Waals surface area contributed by atoms with E-state index in [1.807, 2.05) is 41.2 Å². The van der Waals surface area contributed by atoms with Gasteiger partial charge < -0.3 is 9.84 Å². The van der Waals surface area contributed by atoms with E-state index >= 15 is 0 Å². The van der Waals surface area contributed by atoms with Gasteiger partial charge in [-0.25, -0.2) is 0 Å². The number of benzene rings is 1. The molecule has 0 fully saturated rings. The van der Waals surface area contributed by atoms with Gasteiger partial charge in [-0.3, -0.25) is 9.48 Å². The van der Waals surface area contributed by atoms with Crippen molar-refractivity contribution >= 4 is 11.6 Å². The average Bonchev–Trinajstić information content (AvgIpc) is 3.30. The van der Waals surface area contributed by atoms with Crippen molar-refractivity contribution in [2.45, 2.75) is 46.6 Å². The summed E-state index contributed by atoms with van der Waals surface area (Å²) in [5.41, 5.74) is 3.40. The van der Waals surface area contributed by atoms with Crippen molar-refractivity contribution in [3.63, 3.8) is 0 Å². The molecule has 4 rings (SSSR count). The van der Waals surface area contributed by atoms with Crippen molar-refractivity contribution in [1.82, 2.24) is 14.9 Å². The molecule has 1 unspecified atom stereocenters. The second-order valence-electron chi connectivity index (χ2n) is 8.60. The van der Waals surface area contributed by atoms with E-state index in [1.165, 1.54) is 0 Å². The van der Waals surface area contributed by atoms with Crippen molar-refractivity contribution in [3.05, 3.63) is 65.3 Å². The maximum Gasteiger partial charge on any atom is 0.278 e. The Bertz CT molecular complexity index is 967. The zero-order chi connectivity index (χ0) is 19.7. The van der Waals surface area contributed by atoms with Crippen LogP contribution in [0.15, 0.2) is 47.2 Å². The summed E-state index contributed by atoms with van der Waals surface area (Å²) in [6.45, 7) is 7.41. The van der Waals surface area contributed by atoms with Crippen molar-refractivity contribution in [2.75, 3.05) is 5.32 Å². The smallest absolute Gasteiger partial charge is 0.278 e. The summed E-state index contributed by atoms with van der Waals surface area (Å²) >= 11 is 0. The maximum absolute atomic E-state index is 12.9. The Labute approximate surface area is 164 Å². The van der Waals surface area contributed by atoms with Gasteiger partial charge in [0.15, 0.2) is 5.69 Å². The van der Waals surface area contributed by atoms with Gasteiger partial charge in [0.2, 0.25) is 0 Å². The van der Waals surface area contributed by atoms with Crippen LogP contribution in [0, 0.1) is 11.3 Å². The Morgan fingerprint density at radius 3 is 2.93 bits per heavy atom. The molecule has 1 amide bonds. The van der Waals surface area contributed by atoms with E-state index in [4.69, 9.17) is 4.52 Å². The molecule has 28 heavy (non-hydrogen) atoms. The van der Waals surface area contributed by atoms with E-state index < -0.39 is 0 Å². The van der Waals surface area contributed by atoms with Gasteiger partial charge in [-0.1, -0.05) is 38.1 Å². The van der Waals surface area contributed by atoms with E-state index in [-0.39, 0.29) is 11.3 Å². The van der Waals surface area contributed by atoms with Crippen LogP contribution in [0.1, 0.15) is 54.6 Å². The Kier molecular flexibility index (Phi) is 4.79. The molecule has 1 aliphatic rings. The van der Waals surface area contributed by atoms with Crippen LogP contribution in [0.3, 0.4) is 0 Å². The Hall–Kier alpha value is -2.89. The lowest BCUT2D eigenvalue weighted by Crippen LogP contribution is -2.27. The number of carbonyl (C=O) groups is 1. The van der Waals surface area contributed by atoms with Crippen LogP contribution in [0.2, 0.25) is 0 Å². The van der Waals surface area contributed by atoms with Crippen molar-refractivity contribution in [1.29, 1.82) is 0 Å². The van der Waals surface area contributed by atoms with Gasteiger partial charge in [0.1, 0.15) is 5.76 Å². The number of nitrogens with one attached hydrogen (secondary N) is 1. The molecule has 0 radical (unpaired) electrons. The number of aryl methyl sites for hydroxylation is 1. The number of nitrogens with zero attached hydrogens (tertiary/aromatic N) is 3. The first-order valence-electron chi connectivity index (χ1n) is 9.75. The SMILES string of the molecule is CC(C)(C)C1CCc2onc(C(=O)Nc3cccc(Cn4cccn4)c3)c2C1. The number of hydrogen-bond donors (Lipinski definition) is 1. The van der Waals surface area contributed by atoms with Crippen LogP contribution in [0.4, 0.5) is 5.69 Å². The van der Waals surface area contributed by atoms with Gasteiger partial charge in [-0.05, 0) is 47.9 Å². The maximum atomic E-state index is 12.9. The summed E-state index contributed by atoms with van der Waals surface area (Å²) in [5, 5.41) is 11.3. The van der Waals surface area contributed by atoms with Gasteiger partial charge in [0, 0.05) is 30.1 Å². The predicted octanol–water partition coefficient (Wildman–Crippen LogP) is 4.32. The van der Waals surface area contributed by atoms with Crippen molar-refractivity contribution in [3.8, 4) is 0 Å². The fourth-order valence-corrected chi connectivity index (χ4v) is 3.84. The van der Waals surface area contributed by atoms with Crippen LogP contribution in [-0.4, -0.2) is 20.8 Å². The number of carbonyl (C=O) groups excluding carboxylic acids is 1. The van der Waals surface area contributed by atoms with Gasteiger partial charge in [0.25, 0.3) is 5.91 Å². The number of aromatic nitrogens is 3. The average molecular weight is 378 g/mol. The molecule has 6 heteroatoms. The molecule has 1 aliphatic carbocycles. The van der Waals surface area contributed by atoms with E-state index in [1.54, 1.807) is 6.20 Å². The fourth-order valence-electron chi connectivity index (χ4n) is 3.84. The van der Waals surface area contributed by atoms with Crippen LogP contribution in [-0.2, 0) is 19.4 Å². The Balaban J connectivity index is 1.50. The molecule has 0 saturated heterocycles. The third-order valence-corrected chi connectivity index (χ3v) is 5.57. The molecular weight excluding hydrogens is 352 g/mol. The minimum atomic E-state index is -0.212. The first kappa shape index (κ1) is 18.5. The first-order valence-corrected chi connectivity index (χ1v) is 9.75. The first-order chi connectivity index (χ1) is 13.4. The van der Waals surface area contributed by atoms with Gasteiger partial charge in [-0.15, -0.1) is 0 Å². The highest BCUT2D eigenvalue weighted by Crippen LogP contribution is 2.38. The summed E-state index contributed by atoms with van der Waals surface area (Å²) in [6, 6.07) is 9.69. The zero-order valence-corrected chi connectivity index (χ0v) is 16.6. The third kappa shape index (κ3) is 3.86. The molecule has 0 bridgehead atoms. The summed E-state index contributed by atoms with van der Waals surface area (Å²) < 4.78 is 7.33. The minimum absolute atomic E-state index is 0.198. The molecular formula is C22H26N4O2. The molecule has 146 valence electrons. The molecule has 1 N–H and O–H groups in total. The molecule has 1 aromatic carbocycles. The van der Waals surface area contributed by atoms with E-state index in [2.05, 4.69) is 36.3 Å². The summed E-state index contributed by atoms with van der Waals surface area (Å²) in [6.07, 6.45) is 6.42. The molecule has 0 aliphatic heterocycles. The predicted molar refractivity (Wildman–Crippen MR) is 107 cm³/mol. The highest BCUT2D eigenvalue weighted by Gasteiger charge is 2.34.